The Labute approximate surface area is 97.9 Å². The summed E-state index contributed by atoms with van der Waals surface area (Å²) in [7, 11) is 0. The number of nitrogens with zero attached hydrogens (tertiary/aromatic N) is 3. The molecule has 0 spiro atoms. The monoisotopic (exact) mass is 237 g/mol. The van der Waals surface area contributed by atoms with Crippen molar-refractivity contribution in [1.29, 1.82) is 0 Å². The van der Waals surface area contributed by atoms with Gasteiger partial charge in [0.05, 0.1) is 18.2 Å². The number of H-pyrrole nitrogens is 1. The molecule has 0 amide bonds. The minimum Gasteiger partial charge on any atom is -0.380 e. The quantitative estimate of drug-likeness (QED) is 0.320. The van der Waals surface area contributed by atoms with Gasteiger partial charge in [0.25, 0.3) is 0 Å². The van der Waals surface area contributed by atoms with Crippen molar-refractivity contribution in [3.05, 3.63) is 6.20 Å². The molecule has 0 fully saturated rings. The van der Waals surface area contributed by atoms with Crippen molar-refractivity contribution >= 4 is 22.8 Å². The summed E-state index contributed by atoms with van der Waals surface area (Å²) in [5.74, 6) is 6.30. The lowest BCUT2D eigenvalue weighted by molar-refractivity contribution is 0.158. The zero-order valence-electron chi connectivity index (χ0n) is 9.53. The fourth-order valence-corrected chi connectivity index (χ4v) is 1.42. The second-order valence-corrected chi connectivity index (χ2v) is 3.30. The highest BCUT2D eigenvalue weighted by atomic mass is 16.5. The number of nitrogens with two attached hydrogens (primary N) is 1. The van der Waals surface area contributed by atoms with Crippen LogP contribution in [0.15, 0.2) is 6.20 Å². The maximum atomic E-state index is 5.29. The zero-order valence-corrected chi connectivity index (χ0v) is 9.53. The lowest BCUT2D eigenvalue weighted by Crippen LogP contribution is -2.14. The molecule has 0 aliphatic rings. The molecule has 17 heavy (non-hydrogen) atoms. The first-order valence-corrected chi connectivity index (χ1v) is 5.34. The SMILES string of the molecule is CCOCCNc1nc(NN)nc2[nH]ncc12. The molecule has 2 rings (SSSR count). The van der Waals surface area contributed by atoms with E-state index in [1.54, 1.807) is 6.20 Å². The molecule has 8 nitrogen and oxygen atoms in total. The number of ether oxygens (including phenoxy) is 1. The Morgan fingerprint density at radius 1 is 1.47 bits per heavy atom. The van der Waals surface area contributed by atoms with Crippen molar-refractivity contribution in [3.8, 4) is 0 Å². The van der Waals surface area contributed by atoms with Crippen LogP contribution in [0.3, 0.4) is 0 Å². The van der Waals surface area contributed by atoms with Crippen LogP contribution in [0.25, 0.3) is 11.0 Å². The van der Waals surface area contributed by atoms with Crippen molar-refractivity contribution < 1.29 is 4.74 Å². The average Bonchev–Trinajstić information content (AvgIpc) is 2.82. The molecule has 0 unspecified atom stereocenters. The van der Waals surface area contributed by atoms with Crippen LogP contribution in [-0.4, -0.2) is 39.9 Å². The van der Waals surface area contributed by atoms with Crippen LogP contribution in [-0.2, 0) is 4.74 Å². The van der Waals surface area contributed by atoms with Crippen LogP contribution in [0.1, 0.15) is 6.92 Å². The Morgan fingerprint density at radius 3 is 3.12 bits per heavy atom. The highest BCUT2D eigenvalue weighted by Crippen LogP contribution is 2.18. The van der Waals surface area contributed by atoms with Crippen LogP contribution in [0.5, 0.6) is 0 Å². The number of aromatic nitrogens is 4. The standard InChI is InChI=1S/C9H15N7O/c1-2-17-4-3-11-7-6-5-12-16-8(6)14-9(13-7)15-10/h5H,2-4,10H2,1H3,(H3,11,12,13,14,15,16). The van der Waals surface area contributed by atoms with Gasteiger partial charge in [-0.05, 0) is 6.92 Å². The van der Waals surface area contributed by atoms with Crippen LogP contribution in [0, 0.1) is 0 Å². The molecule has 2 aromatic rings. The maximum absolute atomic E-state index is 5.29. The molecule has 0 aromatic carbocycles. The van der Waals surface area contributed by atoms with Gasteiger partial charge in [0.15, 0.2) is 5.65 Å². The van der Waals surface area contributed by atoms with Gasteiger partial charge in [0.2, 0.25) is 5.95 Å². The number of aromatic amines is 1. The summed E-state index contributed by atoms with van der Waals surface area (Å²) in [6.45, 7) is 3.93. The van der Waals surface area contributed by atoms with E-state index in [9.17, 15) is 0 Å². The van der Waals surface area contributed by atoms with Gasteiger partial charge < -0.3 is 10.1 Å². The average molecular weight is 237 g/mol. The summed E-state index contributed by atoms with van der Waals surface area (Å²) in [5.41, 5.74) is 3.04. The van der Waals surface area contributed by atoms with Gasteiger partial charge >= 0.3 is 0 Å². The second kappa shape index (κ2) is 5.41. The topological polar surface area (TPSA) is 114 Å². The van der Waals surface area contributed by atoms with E-state index in [1.807, 2.05) is 6.92 Å². The first kappa shape index (κ1) is 11.6. The Hall–Kier alpha value is -1.93. The third-order valence-electron chi connectivity index (χ3n) is 2.18. The predicted octanol–water partition coefficient (Wildman–Crippen LogP) is 0.0869. The van der Waals surface area contributed by atoms with Gasteiger partial charge in [-0.25, -0.2) is 5.84 Å². The van der Waals surface area contributed by atoms with Gasteiger partial charge in [-0.1, -0.05) is 0 Å². The smallest absolute Gasteiger partial charge is 0.241 e. The zero-order chi connectivity index (χ0) is 12.1. The summed E-state index contributed by atoms with van der Waals surface area (Å²) >= 11 is 0. The molecular weight excluding hydrogens is 222 g/mol. The first-order chi connectivity index (χ1) is 8.35. The number of fused-ring (bicyclic) bond motifs is 1. The minimum absolute atomic E-state index is 0.334. The molecule has 2 aromatic heterocycles. The van der Waals surface area contributed by atoms with Gasteiger partial charge in [-0.15, -0.1) is 0 Å². The fourth-order valence-electron chi connectivity index (χ4n) is 1.42. The van der Waals surface area contributed by atoms with Gasteiger partial charge in [0.1, 0.15) is 5.82 Å². The van der Waals surface area contributed by atoms with Crippen molar-refractivity contribution in [2.24, 2.45) is 5.84 Å². The van der Waals surface area contributed by atoms with Crippen molar-refractivity contribution in [1.82, 2.24) is 20.2 Å². The van der Waals surface area contributed by atoms with E-state index in [-0.39, 0.29) is 0 Å². The van der Waals surface area contributed by atoms with Gasteiger partial charge in [-0.2, -0.15) is 15.1 Å². The molecule has 5 N–H and O–H groups in total. The van der Waals surface area contributed by atoms with E-state index in [4.69, 9.17) is 10.6 Å². The van der Waals surface area contributed by atoms with Crippen molar-refractivity contribution in [2.45, 2.75) is 6.92 Å². The van der Waals surface area contributed by atoms with E-state index >= 15 is 0 Å². The third kappa shape index (κ3) is 2.60. The third-order valence-corrected chi connectivity index (χ3v) is 2.18. The molecular formula is C9H15N7O. The lowest BCUT2D eigenvalue weighted by Gasteiger charge is -2.07. The van der Waals surface area contributed by atoms with Crippen molar-refractivity contribution in [2.75, 3.05) is 30.5 Å². The number of hydrazine groups is 1. The highest BCUT2D eigenvalue weighted by Gasteiger charge is 2.08. The van der Waals surface area contributed by atoms with E-state index < -0.39 is 0 Å². The molecule has 0 bridgehead atoms. The normalized spacial score (nSPS) is 10.7. The molecule has 0 saturated heterocycles. The number of hydrogen-bond donors (Lipinski definition) is 4. The number of rotatable bonds is 6. The van der Waals surface area contributed by atoms with Crippen LogP contribution in [0.4, 0.5) is 11.8 Å². The number of nitrogens with one attached hydrogen (secondary N) is 3. The number of hydrogen-bond acceptors (Lipinski definition) is 7. The van der Waals surface area contributed by atoms with E-state index in [0.29, 0.717) is 37.2 Å². The Bertz CT molecular complexity index is 483. The Morgan fingerprint density at radius 2 is 2.35 bits per heavy atom. The second-order valence-electron chi connectivity index (χ2n) is 3.30. The molecule has 8 heteroatoms. The number of nitrogen functional groups attached to an aromatic ring is 1. The molecule has 0 atom stereocenters. The molecule has 92 valence electrons. The summed E-state index contributed by atoms with van der Waals surface area (Å²) in [6, 6.07) is 0. The maximum Gasteiger partial charge on any atom is 0.241 e. The molecule has 0 aliphatic carbocycles. The summed E-state index contributed by atoms with van der Waals surface area (Å²) in [6.07, 6.45) is 1.67. The van der Waals surface area contributed by atoms with E-state index in [2.05, 4.69) is 30.9 Å². The minimum atomic E-state index is 0.334. The summed E-state index contributed by atoms with van der Waals surface area (Å²) in [4.78, 5) is 8.34. The molecule has 0 aliphatic heterocycles. The fraction of sp³-hybridized carbons (Fsp3) is 0.444. The Balaban J connectivity index is 2.16. The first-order valence-electron chi connectivity index (χ1n) is 5.34. The van der Waals surface area contributed by atoms with Crippen molar-refractivity contribution in [3.63, 3.8) is 0 Å². The van der Waals surface area contributed by atoms with Crippen LogP contribution in [0.2, 0.25) is 0 Å². The molecule has 0 radical (unpaired) electrons. The Kier molecular flexibility index (Phi) is 3.68. The van der Waals surface area contributed by atoms with Crippen LogP contribution < -0.4 is 16.6 Å². The molecule has 0 saturated carbocycles. The van der Waals surface area contributed by atoms with Gasteiger partial charge in [-0.3, -0.25) is 10.5 Å². The largest absolute Gasteiger partial charge is 0.380 e. The highest BCUT2D eigenvalue weighted by molar-refractivity contribution is 5.86. The van der Waals surface area contributed by atoms with Crippen LogP contribution >= 0.6 is 0 Å². The van der Waals surface area contributed by atoms with Gasteiger partial charge in [0, 0.05) is 13.2 Å². The number of anilines is 2. The predicted molar refractivity (Wildman–Crippen MR) is 64.5 cm³/mol. The summed E-state index contributed by atoms with van der Waals surface area (Å²) < 4.78 is 5.24. The lowest BCUT2D eigenvalue weighted by atomic mass is 10.4. The van der Waals surface area contributed by atoms with E-state index in [1.165, 1.54) is 0 Å². The summed E-state index contributed by atoms with van der Waals surface area (Å²) in [5, 5.41) is 10.7. The molecule has 2 heterocycles. The van der Waals surface area contributed by atoms with E-state index in [0.717, 1.165) is 5.39 Å².